The van der Waals surface area contributed by atoms with Crippen LogP contribution in [0.1, 0.15) is 21.9 Å². The van der Waals surface area contributed by atoms with Gasteiger partial charge in [-0.25, -0.2) is 0 Å². The van der Waals surface area contributed by atoms with Gasteiger partial charge in [0.05, 0.1) is 13.2 Å². The number of nitrogens with one attached hydrogen (secondary N) is 1. The number of thioether (sulfide) groups is 1. The maximum absolute atomic E-state index is 13.6. The molecule has 1 amide bonds. The number of carbonyl (C=O) groups is 1. The summed E-state index contributed by atoms with van der Waals surface area (Å²) in [4.78, 5) is 13.6. The van der Waals surface area contributed by atoms with Crippen LogP contribution in [-0.4, -0.2) is 34.4 Å². The highest BCUT2D eigenvalue weighted by molar-refractivity contribution is 8.00. The molecule has 1 atom stereocenters. The third kappa shape index (κ3) is 5.55. The van der Waals surface area contributed by atoms with Crippen LogP contribution in [0.2, 0.25) is 0 Å². The SMILES string of the molecule is COCCn1c(S[C@H](C(=O)Nc2cc(C)ccc2C)c2ccccc2)nnc1-c1ccccc1. The standard InChI is InChI=1S/C27H28N4O2S/c1-19-14-15-20(2)23(18-19)28-26(32)24(21-10-6-4-7-11-21)34-27-30-29-25(31(27)16-17-33-3)22-12-8-5-9-13-22/h4-15,18,24H,16-17H2,1-3H3,(H,28,32)/t24-/m0/s1. The van der Waals surface area contributed by atoms with Gasteiger partial charge in [-0.15, -0.1) is 10.2 Å². The number of hydrogen-bond donors (Lipinski definition) is 1. The number of hydrogen-bond acceptors (Lipinski definition) is 5. The topological polar surface area (TPSA) is 69.0 Å². The lowest BCUT2D eigenvalue weighted by atomic mass is 10.1. The van der Waals surface area contributed by atoms with Crippen molar-refractivity contribution in [1.82, 2.24) is 14.8 Å². The summed E-state index contributed by atoms with van der Waals surface area (Å²) >= 11 is 1.39. The van der Waals surface area contributed by atoms with E-state index in [4.69, 9.17) is 4.74 Å². The average Bonchev–Trinajstić information content (AvgIpc) is 3.26. The van der Waals surface area contributed by atoms with E-state index < -0.39 is 5.25 Å². The van der Waals surface area contributed by atoms with E-state index in [0.29, 0.717) is 18.3 Å². The zero-order valence-electron chi connectivity index (χ0n) is 19.6. The third-order valence-corrected chi connectivity index (χ3v) is 6.72. The van der Waals surface area contributed by atoms with Crippen molar-refractivity contribution in [2.75, 3.05) is 19.0 Å². The van der Waals surface area contributed by atoms with Crippen molar-refractivity contribution < 1.29 is 9.53 Å². The molecule has 1 N–H and O–H groups in total. The van der Waals surface area contributed by atoms with E-state index in [1.54, 1.807) is 7.11 Å². The van der Waals surface area contributed by atoms with E-state index in [9.17, 15) is 4.79 Å². The second kappa shape index (κ2) is 11.1. The normalized spacial score (nSPS) is 11.9. The minimum absolute atomic E-state index is 0.104. The Kier molecular flexibility index (Phi) is 7.77. The number of aryl methyl sites for hydroxylation is 2. The van der Waals surface area contributed by atoms with Crippen molar-refractivity contribution in [3.63, 3.8) is 0 Å². The first-order valence-electron chi connectivity index (χ1n) is 11.1. The van der Waals surface area contributed by atoms with E-state index in [0.717, 1.165) is 33.8 Å². The highest BCUT2D eigenvalue weighted by Crippen LogP contribution is 2.37. The molecule has 0 radical (unpaired) electrons. The van der Waals surface area contributed by atoms with Gasteiger partial charge < -0.3 is 10.1 Å². The van der Waals surface area contributed by atoms with Crippen LogP contribution >= 0.6 is 11.8 Å². The summed E-state index contributed by atoms with van der Waals surface area (Å²) in [6.07, 6.45) is 0. The number of anilines is 1. The summed E-state index contributed by atoms with van der Waals surface area (Å²) in [5.74, 6) is 0.648. The van der Waals surface area contributed by atoms with Gasteiger partial charge in [-0.3, -0.25) is 9.36 Å². The fourth-order valence-corrected chi connectivity index (χ4v) is 4.70. The number of amides is 1. The van der Waals surface area contributed by atoms with Crippen LogP contribution in [0, 0.1) is 13.8 Å². The summed E-state index contributed by atoms with van der Waals surface area (Å²) in [6.45, 7) is 5.10. The third-order valence-electron chi connectivity index (χ3n) is 5.48. The Balaban J connectivity index is 1.69. The molecule has 0 aliphatic carbocycles. The maximum Gasteiger partial charge on any atom is 0.242 e. The van der Waals surface area contributed by atoms with Crippen LogP contribution in [-0.2, 0) is 16.1 Å². The molecule has 7 heteroatoms. The Bertz CT molecular complexity index is 1240. The molecule has 6 nitrogen and oxygen atoms in total. The van der Waals surface area contributed by atoms with Crippen LogP contribution in [0.3, 0.4) is 0 Å². The van der Waals surface area contributed by atoms with E-state index in [-0.39, 0.29) is 5.91 Å². The summed E-state index contributed by atoms with van der Waals surface area (Å²) in [5.41, 5.74) is 4.80. The van der Waals surface area contributed by atoms with Crippen LogP contribution in [0.5, 0.6) is 0 Å². The Labute approximate surface area is 204 Å². The molecule has 0 bridgehead atoms. The largest absolute Gasteiger partial charge is 0.383 e. The molecule has 3 aromatic carbocycles. The summed E-state index contributed by atoms with van der Waals surface area (Å²) in [5, 5.41) is 12.2. The first kappa shape index (κ1) is 23.7. The fourth-order valence-electron chi connectivity index (χ4n) is 3.64. The minimum atomic E-state index is -0.504. The molecule has 0 unspecified atom stereocenters. The van der Waals surface area contributed by atoms with E-state index in [1.807, 2.05) is 97.3 Å². The predicted octanol–water partition coefficient (Wildman–Crippen LogP) is 5.68. The Morgan fingerprint density at radius 1 is 1.00 bits per heavy atom. The number of rotatable bonds is 9. The van der Waals surface area contributed by atoms with Gasteiger partial charge in [0.2, 0.25) is 5.91 Å². The Hall–Kier alpha value is -3.42. The van der Waals surface area contributed by atoms with Crippen molar-refractivity contribution in [1.29, 1.82) is 0 Å². The number of benzene rings is 3. The monoisotopic (exact) mass is 472 g/mol. The molecule has 0 spiro atoms. The molecule has 0 fully saturated rings. The Morgan fingerprint density at radius 3 is 2.41 bits per heavy atom. The smallest absolute Gasteiger partial charge is 0.242 e. The first-order chi connectivity index (χ1) is 16.6. The summed E-state index contributed by atoms with van der Waals surface area (Å²) < 4.78 is 7.36. The van der Waals surface area contributed by atoms with Crippen molar-refractivity contribution >= 4 is 23.4 Å². The second-order valence-electron chi connectivity index (χ2n) is 8.03. The maximum atomic E-state index is 13.6. The molecule has 0 aliphatic heterocycles. The second-order valence-corrected chi connectivity index (χ2v) is 9.11. The molecule has 1 heterocycles. The minimum Gasteiger partial charge on any atom is -0.383 e. The first-order valence-corrected chi connectivity index (χ1v) is 12.0. The molecular formula is C27H28N4O2S. The molecular weight excluding hydrogens is 444 g/mol. The molecule has 4 rings (SSSR count). The van der Waals surface area contributed by atoms with Crippen molar-refractivity contribution in [3.05, 3.63) is 95.6 Å². The molecule has 1 aromatic heterocycles. The van der Waals surface area contributed by atoms with Crippen molar-refractivity contribution in [2.45, 2.75) is 30.8 Å². The van der Waals surface area contributed by atoms with Gasteiger partial charge in [0.15, 0.2) is 11.0 Å². The van der Waals surface area contributed by atoms with Crippen molar-refractivity contribution in [2.24, 2.45) is 0 Å². The zero-order valence-corrected chi connectivity index (χ0v) is 20.4. The highest BCUT2D eigenvalue weighted by atomic mass is 32.2. The number of carbonyl (C=O) groups excluding carboxylic acids is 1. The highest BCUT2D eigenvalue weighted by Gasteiger charge is 2.26. The molecule has 0 aliphatic rings. The quantitative estimate of drug-likeness (QED) is 0.317. The lowest BCUT2D eigenvalue weighted by Crippen LogP contribution is -2.20. The van der Waals surface area contributed by atoms with Crippen LogP contribution in [0.15, 0.2) is 84.0 Å². The molecule has 0 saturated heterocycles. The zero-order chi connectivity index (χ0) is 23.9. The van der Waals surface area contributed by atoms with E-state index in [1.165, 1.54) is 11.8 Å². The van der Waals surface area contributed by atoms with Crippen LogP contribution in [0.25, 0.3) is 11.4 Å². The van der Waals surface area contributed by atoms with Gasteiger partial charge in [0, 0.05) is 18.4 Å². The predicted molar refractivity (Wildman–Crippen MR) is 137 cm³/mol. The van der Waals surface area contributed by atoms with Gasteiger partial charge in [0.25, 0.3) is 0 Å². The number of aromatic nitrogens is 3. The van der Waals surface area contributed by atoms with E-state index in [2.05, 4.69) is 15.5 Å². The lowest BCUT2D eigenvalue weighted by molar-refractivity contribution is -0.115. The van der Waals surface area contributed by atoms with Crippen molar-refractivity contribution in [3.8, 4) is 11.4 Å². The molecule has 34 heavy (non-hydrogen) atoms. The van der Waals surface area contributed by atoms with Gasteiger partial charge >= 0.3 is 0 Å². The van der Waals surface area contributed by atoms with Crippen LogP contribution < -0.4 is 5.32 Å². The Morgan fingerprint density at radius 2 is 1.71 bits per heavy atom. The van der Waals surface area contributed by atoms with Gasteiger partial charge in [-0.05, 0) is 36.6 Å². The van der Waals surface area contributed by atoms with Gasteiger partial charge in [-0.1, -0.05) is 84.6 Å². The average molecular weight is 473 g/mol. The molecule has 0 saturated carbocycles. The number of nitrogens with zero attached hydrogens (tertiary/aromatic N) is 3. The van der Waals surface area contributed by atoms with Gasteiger partial charge in [0.1, 0.15) is 5.25 Å². The number of ether oxygens (including phenoxy) is 1. The molecule has 174 valence electrons. The summed E-state index contributed by atoms with van der Waals surface area (Å²) in [6, 6.07) is 25.7. The molecule has 4 aromatic rings. The fraction of sp³-hybridized carbons (Fsp3) is 0.222. The van der Waals surface area contributed by atoms with Crippen LogP contribution in [0.4, 0.5) is 5.69 Å². The summed E-state index contributed by atoms with van der Waals surface area (Å²) in [7, 11) is 1.67. The number of methoxy groups -OCH3 is 1. The van der Waals surface area contributed by atoms with E-state index >= 15 is 0 Å². The van der Waals surface area contributed by atoms with Gasteiger partial charge in [-0.2, -0.15) is 0 Å². The lowest BCUT2D eigenvalue weighted by Gasteiger charge is -2.18.